The summed E-state index contributed by atoms with van der Waals surface area (Å²) in [6, 6.07) is 3.27. The molecule has 0 heterocycles. The normalized spacial score (nSPS) is 12.1. The van der Waals surface area contributed by atoms with Crippen LogP contribution < -0.4 is 11.3 Å². The van der Waals surface area contributed by atoms with E-state index in [1.54, 1.807) is 0 Å². The molecule has 0 saturated heterocycles. The molecule has 0 aliphatic rings. The van der Waals surface area contributed by atoms with E-state index in [-0.39, 0.29) is 6.04 Å². The Kier molecular flexibility index (Phi) is 3.57. The van der Waals surface area contributed by atoms with E-state index < -0.39 is 11.6 Å². The maximum atomic E-state index is 12.8. The van der Waals surface area contributed by atoms with E-state index >= 15 is 0 Å². The van der Waals surface area contributed by atoms with Crippen molar-refractivity contribution in [3.8, 4) is 12.3 Å². The van der Waals surface area contributed by atoms with Crippen molar-refractivity contribution in [2.75, 3.05) is 0 Å². The average molecular weight is 196 g/mol. The smallest absolute Gasteiger partial charge is 0.159 e. The van der Waals surface area contributed by atoms with E-state index in [0.717, 1.165) is 12.1 Å². The zero-order chi connectivity index (χ0) is 10.6. The predicted octanol–water partition coefficient (Wildman–Crippen LogP) is 0.972. The van der Waals surface area contributed by atoms with Gasteiger partial charge in [-0.1, -0.05) is 12.0 Å². The summed E-state index contributed by atoms with van der Waals surface area (Å²) in [5.41, 5.74) is 2.98. The van der Waals surface area contributed by atoms with Gasteiger partial charge < -0.3 is 0 Å². The maximum Gasteiger partial charge on any atom is 0.159 e. The molecular weight excluding hydrogens is 186 g/mol. The van der Waals surface area contributed by atoms with Gasteiger partial charge in [0.2, 0.25) is 0 Å². The van der Waals surface area contributed by atoms with Crippen molar-refractivity contribution in [2.45, 2.75) is 12.5 Å². The van der Waals surface area contributed by atoms with Gasteiger partial charge in [-0.2, -0.15) is 0 Å². The molecule has 14 heavy (non-hydrogen) atoms. The molecule has 1 rings (SSSR count). The lowest BCUT2D eigenvalue weighted by molar-refractivity contribution is 0.506. The number of hydrazine groups is 1. The highest BCUT2D eigenvalue weighted by atomic mass is 19.2. The van der Waals surface area contributed by atoms with E-state index in [1.807, 2.05) is 0 Å². The van der Waals surface area contributed by atoms with Gasteiger partial charge in [0.05, 0.1) is 6.04 Å². The van der Waals surface area contributed by atoms with Crippen LogP contribution in [0.5, 0.6) is 0 Å². The first-order chi connectivity index (χ1) is 6.67. The second-order valence-corrected chi connectivity index (χ2v) is 2.84. The first kappa shape index (κ1) is 10.6. The highest BCUT2D eigenvalue weighted by Crippen LogP contribution is 2.10. The van der Waals surface area contributed by atoms with E-state index in [9.17, 15) is 8.78 Å². The van der Waals surface area contributed by atoms with E-state index in [0.29, 0.717) is 12.0 Å². The van der Waals surface area contributed by atoms with Gasteiger partial charge >= 0.3 is 0 Å². The average Bonchev–Trinajstić information content (AvgIpc) is 2.19. The Balaban J connectivity index is 2.78. The molecule has 0 spiro atoms. The SMILES string of the molecule is C#CC(Cc1ccc(F)c(F)c1)NN. The van der Waals surface area contributed by atoms with Gasteiger partial charge in [0.1, 0.15) is 0 Å². The van der Waals surface area contributed by atoms with Crippen molar-refractivity contribution >= 4 is 0 Å². The van der Waals surface area contributed by atoms with Gasteiger partial charge in [-0.3, -0.25) is 5.84 Å². The Morgan fingerprint density at radius 2 is 2.14 bits per heavy atom. The van der Waals surface area contributed by atoms with Crippen molar-refractivity contribution in [3.05, 3.63) is 35.4 Å². The van der Waals surface area contributed by atoms with Crippen LogP contribution in [0.15, 0.2) is 18.2 Å². The van der Waals surface area contributed by atoms with Crippen LogP contribution in [-0.2, 0) is 6.42 Å². The zero-order valence-corrected chi connectivity index (χ0v) is 7.43. The Morgan fingerprint density at radius 3 is 2.64 bits per heavy atom. The van der Waals surface area contributed by atoms with Crippen molar-refractivity contribution in [1.29, 1.82) is 0 Å². The van der Waals surface area contributed by atoms with Gasteiger partial charge in [0.15, 0.2) is 11.6 Å². The first-order valence-corrected chi connectivity index (χ1v) is 4.03. The van der Waals surface area contributed by atoms with Crippen LogP contribution in [0.1, 0.15) is 5.56 Å². The molecule has 0 amide bonds. The summed E-state index contributed by atoms with van der Waals surface area (Å²) in [7, 11) is 0. The molecule has 3 N–H and O–H groups in total. The summed E-state index contributed by atoms with van der Waals surface area (Å²) in [5.74, 6) is 5.77. The minimum atomic E-state index is -0.879. The third kappa shape index (κ3) is 2.52. The fraction of sp³-hybridized carbons (Fsp3) is 0.200. The van der Waals surface area contributed by atoms with Crippen LogP contribution in [0, 0.1) is 24.0 Å². The molecule has 0 aliphatic carbocycles. The molecule has 1 aromatic rings. The molecule has 0 bridgehead atoms. The summed E-state index contributed by atoms with van der Waals surface area (Å²) in [6.07, 6.45) is 5.50. The number of hydrogen-bond acceptors (Lipinski definition) is 2. The zero-order valence-electron chi connectivity index (χ0n) is 7.43. The third-order valence-electron chi connectivity index (χ3n) is 1.83. The molecule has 4 heteroatoms. The van der Waals surface area contributed by atoms with E-state index in [1.165, 1.54) is 6.07 Å². The Hall–Kier alpha value is -1.44. The number of nitrogens with two attached hydrogens (primary N) is 1. The lowest BCUT2D eigenvalue weighted by atomic mass is 10.1. The van der Waals surface area contributed by atoms with Gasteiger partial charge in [-0.05, 0) is 17.7 Å². The molecule has 74 valence electrons. The molecular formula is C10H10F2N2. The minimum Gasteiger partial charge on any atom is -0.270 e. The molecule has 1 atom stereocenters. The highest BCUT2D eigenvalue weighted by molar-refractivity contribution is 5.20. The highest BCUT2D eigenvalue weighted by Gasteiger charge is 2.06. The molecule has 0 fully saturated rings. The molecule has 0 radical (unpaired) electrons. The van der Waals surface area contributed by atoms with E-state index in [2.05, 4.69) is 11.3 Å². The third-order valence-corrected chi connectivity index (χ3v) is 1.83. The quantitative estimate of drug-likeness (QED) is 0.429. The summed E-state index contributed by atoms with van der Waals surface area (Å²) >= 11 is 0. The van der Waals surface area contributed by atoms with Crippen molar-refractivity contribution in [2.24, 2.45) is 5.84 Å². The van der Waals surface area contributed by atoms with Crippen LogP contribution in [0.4, 0.5) is 8.78 Å². The minimum absolute atomic E-state index is 0.365. The van der Waals surface area contributed by atoms with Crippen molar-refractivity contribution in [3.63, 3.8) is 0 Å². The summed E-state index contributed by atoms with van der Waals surface area (Å²) < 4.78 is 25.3. The van der Waals surface area contributed by atoms with Gasteiger partial charge in [0, 0.05) is 6.42 Å². The van der Waals surface area contributed by atoms with Gasteiger partial charge in [-0.25, -0.2) is 14.2 Å². The van der Waals surface area contributed by atoms with Crippen LogP contribution in [0.3, 0.4) is 0 Å². The topological polar surface area (TPSA) is 38.0 Å². The maximum absolute atomic E-state index is 12.8. The second kappa shape index (κ2) is 4.70. The lowest BCUT2D eigenvalue weighted by Crippen LogP contribution is -2.35. The lowest BCUT2D eigenvalue weighted by Gasteiger charge is -2.08. The largest absolute Gasteiger partial charge is 0.270 e. The fourth-order valence-electron chi connectivity index (χ4n) is 1.07. The summed E-state index contributed by atoms with van der Waals surface area (Å²) in [5, 5.41) is 0. The van der Waals surface area contributed by atoms with Crippen LogP contribution in [-0.4, -0.2) is 6.04 Å². The van der Waals surface area contributed by atoms with Crippen LogP contribution >= 0.6 is 0 Å². The Morgan fingerprint density at radius 1 is 1.43 bits per heavy atom. The molecule has 1 aromatic carbocycles. The van der Waals surface area contributed by atoms with Gasteiger partial charge in [0.25, 0.3) is 0 Å². The standard InChI is InChI=1S/C10H10F2N2/c1-2-8(14-13)5-7-3-4-9(11)10(12)6-7/h1,3-4,6,8,14H,5,13H2. The molecule has 0 aliphatic heterocycles. The van der Waals surface area contributed by atoms with Crippen LogP contribution in [0.25, 0.3) is 0 Å². The molecule has 2 nitrogen and oxygen atoms in total. The van der Waals surface area contributed by atoms with E-state index in [4.69, 9.17) is 12.3 Å². The summed E-state index contributed by atoms with van der Waals surface area (Å²) in [6.45, 7) is 0. The summed E-state index contributed by atoms with van der Waals surface area (Å²) in [4.78, 5) is 0. The molecule has 0 aromatic heterocycles. The fourth-order valence-corrected chi connectivity index (χ4v) is 1.07. The number of halogens is 2. The monoisotopic (exact) mass is 196 g/mol. The first-order valence-electron chi connectivity index (χ1n) is 4.03. The predicted molar refractivity (Wildman–Crippen MR) is 50.0 cm³/mol. The Labute approximate surface area is 81.1 Å². The van der Waals surface area contributed by atoms with Crippen LogP contribution in [0.2, 0.25) is 0 Å². The number of hydrogen-bond donors (Lipinski definition) is 2. The number of nitrogens with one attached hydrogen (secondary N) is 1. The van der Waals surface area contributed by atoms with Crippen molar-refractivity contribution < 1.29 is 8.78 Å². The second-order valence-electron chi connectivity index (χ2n) is 2.84. The number of terminal acetylenes is 1. The van der Waals surface area contributed by atoms with Crippen molar-refractivity contribution in [1.82, 2.24) is 5.43 Å². The number of rotatable bonds is 3. The Bertz CT molecular complexity index is 358. The molecule has 1 unspecified atom stereocenters. The van der Waals surface area contributed by atoms with Gasteiger partial charge in [-0.15, -0.1) is 6.42 Å². The number of benzene rings is 1. The molecule has 0 saturated carbocycles.